The quantitative estimate of drug-likeness (QED) is 0.869. The van der Waals surface area contributed by atoms with E-state index in [-0.39, 0.29) is 12.1 Å². The zero-order valence-electron chi connectivity index (χ0n) is 12.3. The summed E-state index contributed by atoms with van der Waals surface area (Å²) in [6.07, 6.45) is 4.28. The van der Waals surface area contributed by atoms with Gasteiger partial charge in [-0.3, -0.25) is 4.40 Å². The van der Waals surface area contributed by atoms with E-state index >= 15 is 0 Å². The average Bonchev–Trinajstić information content (AvgIpc) is 3.18. The third-order valence-electron chi connectivity index (χ3n) is 4.34. The number of aromatic nitrogens is 3. The zero-order valence-corrected chi connectivity index (χ0v) is 12.3. The first-order chi connectivity index (χ1) is 9.53. The zero-order chi connectivity index (χ0) is 14.3. The molecule has 108 valence electrons. The van der Waals surface area contributed by atoms with E-state index in [4.69, 9.17) is 0 Å². The maximum atomic E-state index is 9.63. The highest BCUT2D eigenvalue weighted by Gasteiger charge is 2.40. The number of rotatable bonds is 5. The Morgan fingerprint density at radius 3 is 2.85 bits per heavy atom. The van der Waals surface area contributed by atoms with Gasteiger partial charge in [0.05, 0.1) is 18.5 Å². The van der Waals surface area contributed by atoms with E-state index in [9.17, 15) is 5.11 Å². The highest BCUT2D eigenvalue weighted by molar-refractivity contribution is 5.35. The number of imidazole rings is 1. The molecule has 20 heavy (non-hydrogen) atoms. The first-order valence-corrected chi connectivity index (χ1v) is 7.20. The van der Waals surface area contributed by atoms with Crippen LogP contribution in [0, 0.1) is 19.8 Å². The second-order valence-electron chi connectivity index (χ2n) is 6.13. The number of aryl methyl sites for hydroxylation is 2. The summed E-state index contributed by atoms with van der Waals surface area (Å²) in [6, 6.07) is 2.06. The minimum Gasteiger partial charge on any atom is -0.394 e. The summed E-state index contributed by atoms with van der Waals surface area (Å²) in [7, 11) is 0. The van der Waals surface area contributed by atoms with Gasteiger partial charge in [0.2, 0.25) is 5.78 Å². The molecule has 2 N–H and O–H groups in total. The van der Waals surface area contributed by atoms with Gasteiger partial charge in [-0.2, -0.15) is 0 Å². The summed E-state index contributed by atoms with van der Waals surface area (Å²) >= 11 is 0. The highest BCUT2D eigenvalue weighted by Crippen LogP contribution is 2.39. The van der Waals surface area contributed by atoms with E-state index in [1.807, 2.05) is 13.1 Å². The van der Waals surface area contributed by atoms with Gasteiger partial charge in [0, 0.05) is 23.5 Å². The van der Waals surface area contributed by atoms with Crippen molar-refractivity contribution in [2.75, 3.05) is 6.61 Å². The van der Waals surface area contributed by atoms with Crippen LogP contribution in [0.25, 0.3) is 5.78 Å². The van der Waals surface area contributed by atoms with Crippen molar-refractivity contribution in [1.82, 2.24) is 19.7 Å². The Hall–Kier alpha value is -1.46. The predicted molar refractivity (Wildman–Crippen MR) is 77.5 cm³/mol. The van der Waals surface area contributed by atoms with Crippen LogP contribution < -0.4 is 5.32 Å². The average molecular weight is 274 g/mol. The van der Waals surface area contributed by atoms with E-state index in [1.54, 1.807) is 0 Å². The normalized spacial score (nSPS) is 18.4. The molecule has 1 aliphatic carbocycles. The van der Waals surface area contributed by atoms with Crippen LogP contribution in [0.1, 0.15) is 36.8 Å². The Balaban J connectivity index is 1.84. The monoisotopic (exact) mass is 274 g/mol. The highest BCUT2D eigenvalue weighted by atomic mass is 16.3. The molecule has 1 aliphatic rings. The van der Waals surface area contributed by atoms with E-state index in [0.717, 1.165) is 22.9 Å². The lowest BCUT2D eigenvalue weighted by Crippen LogP contribution is -2.47. The summed E-state index contributed by atoms with van der Waals surface area (Å²) in [5, 5.41) is 13.1. The van der Waals surface area contributed by atoms with Crippen molar-refractivity contribution >= 4 is 5.78 Å². The Labute approximate surface area is 119 Å². The molecule has 0 radical (unpaired) electrons. The van der Waals surface area contributed by atoms with Crippen molar-refractivity contribution in [3.05, 3.63) is 29.3 Å². The Morgan fingerprint density at radius 2 is 2.20 bits per heavy atom. The lowest BCUT2D eigenvalue weighted by Gasteiger charge is -2.28. The molecule has 2 aromatic heterocycles. The molecular weight excluding hydrogens is 252 g/mol. The number of hydrogen-bond donors (Lipinski definition) is 2. The molecule has 5 heteroatoms. The molecule has 0 spiro atoms. The third kappa shape index (κ3) is 2.31. The molecule has 0 aliphatic heterocycles. The van der Waals surface area contributed by atoms with Gasteiger partial charge >= 0.3 is 0 Å². The van der Waals surface area contributed by atoms with Crippen LogP contribution in [-0.4, -0.2) is 31.6 Å². The molecule has 1 atom stereocenters. The maximum absolute atomic E-state index is 9.63. The molecule has 2 heterocycles. The van der Waals surface area contributed by atoms with Crippen molar-refractivity contribution < 1.29 is 5.11 Å². The van der Waals surface area contributed by atoms with Crippen molar-refractivity contribution in [3.63, 3.8) is 0 Å². The van der Waals surface area contributed by atoms with Gasteiger partial charge in [0.25, 0.3) is 0 Å². The fraction of sp³-hybridized carbons (Fsp3) is 0.600. The minimum atomic E-state index is -0.184. The number of hydrogen-bond acceptors (Lipinski definition) is 4. The van der Waals surface area contributed by atoms with Crippen LogP contribution in [0.3, 0.4) is 0 Å². The van der Waals surface area contributed by atoms with Crippen LogP contribution >= 0.6 is 0 Å². The summed E-state index contributed by atoms with van der Waals surface area (Å²) in [4.78, 5) is 8.82. The summed E-state index contributed by atoms with van der Waals surface area (Å²) in [5.74, 6) is 1.34. The number of nitrogens with one attached hydrogen (secondary N) is 1. The third-order valence-corrected chi connectivity index (χ3v) is 4.34. The summed E-state index contributed by atoms with van der Waals surface area (Å²) in [5.41, 5.74) is 3.03. The second kappa shape index (κ2) is 4.82. The van der Waals surface area contributed by atoms with Gasteiger partial charge in [-0.25, -0.2) is 9.97 Å². The standard InChI is InChI=1S/C15H22N4O/c1-10-6-11(2)19-13(7-16-14(19)18-10)8-17-15(3,9-20)12-4-5-12/h6-7,12,17,20H,4-5,8-9H2,1-3H3. The molecule has 0 saturated heterocycles. The van der Waals surface area contributed by atoms with Gasteiger partial charge in [0.15, 0.2) is 0 Å². The Kier molecular flexibility index (Phi) is 3.26. The van der Waals surface area contributed by atoms with Crippen molar-refractivity contribution in [1.29, 1.82) is 0 Å². The number of aliphatic hydroxyl groups excluding tert-OH is 1. The molecule has 3 rings (SSSR count). The molecule has 1 saturated carbocycles. The van der Waals surface area contributed by atoms with E-state index in [0.29, 0.717) is 12.5 Å². The van der Waals surface area contributed by atoms with Crippen LogP contribution in [0.4, 0.5) is 0 Å². The Bertz CT molecular complexity index is 632. The first-order valence-electron chi connectivity index (χ1n) is 7.20. The van der Waals surface area contributed by atoms with E-state index < -0.39 is 0 Å². The molecule has 0 amide bonds. The van der Waals surface area contributed by atoms with Gasteiger partial charge in [-0.05, 0) is 45.6 Å². The SMILES string of the molecule is Cc1cc(C)n2c(CNC(C)(CO)C3CC3)cnc2n1. The number of aliphatic hydroxyl groups is 1. The Morgan fingerprint density at radius 1 is 1.45 bits per heavy atom. The molecule has 0 aromatic carbocycles. The van der Waals surface area contributed by atoms with Crippen LogP contribution in [-0.2, 0) is 6.54 Å². The fourth-order valence-corrected chi connectivity index (χ4v) is 2.86. The topological polar surface area (TPSA) is 62.5 Å². The summed E-state index contributed by atoms with van der Waals surface area (Å²) < 4.78 is 2.07. The van der Waals surface area contributed by atoms with Crippen LogP contribution in [0.5, 0.6) is 0 Å². The molecule has 2 aromatic rings. The maximum Gasteiger partial charge on any atom is 0.234 e. The van der Waals surface area contributed by atoms with E-state index in [2.05, 4.69) is 39.6 Å². The predicted octanol–water partition coefficient (Wildman–Crippen LogP) is 1.60. The van der Waals surface area contributed by atoms with Crippen molar-refractivity contribution in [3.8, 4) is 0 Å². The first kappa shape index (κ1) is 13.5. The molecular formula is C15H22N4O. The number of nitrogens with zero attached hydrogens (tertiary/aromatic N) is 3. The molecule has 1 unspecified atom stereocenters. The molecule has 1 fully saturated rings. The molecule has 0 bridgehead atoms. The van der Waals surface area contributed by atoms with Gasteiger partial charge in [0.1, 0.15) is 0 Å². The fourth-order valence-electron chi connectivity index (χ4n) is 2.86. The van der Waals surface area contributed by atoms with Crippen molar-refractivity contribution in [2.45, 2.75) is 45.7 Å². The molecule has 5 nitrogen and oxygen atoms in total. The van der Waals surface area contributed by atoms with Crippen LogP contribution in [0.2, 0.25) is 0 Å². The van der Waals surface area contributed by atoms with Crippen molar-refractivity contribution in [2.24, 2.45) is 5.92 Å². The minimum absolute atomic E-state index is 0.171. The van der Waals surface area contributed by atoms with Crippen LogP contribution in [0.15, 0.2) is 12.3 Å². The smallest absolute Gasteiger partial charge is 0.234 e. The van der Waals surface area contributed by atoms with E-state index in [1.165, 1.54) is 12.8 Å². The van der Waals surface area contributed by atoms with Gasteiger partial charge < -0.3 is 10.4 Å². The lowest BCUT2D eigenvalue weighted by atomic mass is 9.97. The largest absolute Gasteiger partial charge is 0.394 e. The van der Waals surface area contributed by atoms with Gasteiger partial charge in [-0.15, -0.1) is 0 Å². The van der Waals surface area contributed by atoms with Gasteiger partial charge in [-0.1, -0.05) is 0 Å². The second-order valence-corrected chi connectivity index (χ2v) is 6.13. The lowest BCUT2D eigenvalue weighted by molar-refractivity contribution is 0.153. The summed E-state index contributed by atoms with van der Waals surface area (Å²) in [6.45, 7) is 7.02. The number of fused-ring (bicyclic) bond motifs is 1.